The zero-order valence-electron chi connectivity index (χ0n) is 14.7. The van der Waals surface area contributed by atoms with Gasteiger partial charge in [0.05, 0.1) is 31.7 Å². The molecule has 1 aromatic carbocycles. The Balaban J connectivity index is 1.78. The van der Waals surface area contributed by atoms with Crippen LogP contribution in [0.15, 0.2) is 36.5 Å². The van der Waals surface area contributed by atoms with E-state index < -0.39 is 29.1 Å². The minimum Gasteiger partial charge on any atom is -0.593 e. The molecule has 0 bridgehead atoms. The number of nitrogens with zero attached hydrogens (tertiary/aromatic N) is 2. The molecule has 2 unspecified atom stereocenters. The van der Waals surface area contributed by atoms with Crippen LogP contribution in [0.1, 0.15) is 22.1 Å². The van der Waals surface area contributed by atoms with Crippen LogP contribution in [0.2, 0.25) is 0 Å². The Morgan fingerprint density at radius 3 is 2.89 bits per heavy atom. The normalized spacial score (nSPS) is 19.4. The van der Waals surface area contributed by atoms with E-state index in [1.165, 1.54) is 48.9 Å². The lowest BCUT2D eigenvalue weighted by molar-refractivity contribution is 0.102. The molecule has 1 saturated heterocycles. The van der Waals surface area contributed by atoms with Crippen molar-refractivity contribution in [3.8, 4) is 5.75 Å². The predicted molar refractivity (Wildman–Crippen MR) is 99.5 cm³/mol. The summed E-state index contributed by atoms with van der Waals surface area (Å²) in [6.07, 6.45) is 1.42. The number of nitrogens with one attached hydrogen (secondary N) is 3. The maximum Gasteiger partial charge on any atom is 0.274 e. The summed E-state index contributed by atoms with van der Waals surface area (Å²) in [5, 5.41) is 13.3. The van der Waals surface area contributed by atoms with Gasteiger partial charge in [-0.15, -0.1) is 0 Å². The van der Waals surface area contributed by atoms with E-state index in [0.717, 1.165) is 0 Å². The van der Waals surface area contributed by atoms with Gasteiger partial charge in [0, 0.05) is 11.3 Å². The maximum atomic E-state index is 14.3. The van der Waals surface area contributed by atoms with Gasteiger partial charge in [0.1, 0.15) is 23.3 Å². The van der Waals surface area contributed by atoms with Crippen LogP contribution in [0.4, 0.5) is 10.1 Å². The molecule has 3 N–H and O–H groups in total. The van der Waals surface area contributed by atoms with Crippen LogP contribution in [0.3, 0.4) is 0 Å². The quantitative estimate of drug-likeness (QED) is 0.683. The lowest BCUT2D eigenvalue weighted by Crippen LogP contribution is -2.52. The molecule has 10 heteroatoms. The van der Waals surface area contributed by atoms with Crippen molar-refractivity contribution in [1.82, 2.24) is 14.6 Å². The summed E-state index contributed by atoms with van der Waals surface area (Å²) in [5.74, 6) is -0.377. The van der Waals surface area contributed by atoms with E-state index in [-0.39, 0.29) is 23.0 Å². The highest BCUT2D eigenvalue weighted by atomic mass is 32.2. The van der Waals surface area contributed by atoms with Crippen molar-refractivity contribution in [2.45, 2.75) is 6.04 Å². The number of halogens is 1. The molecule has 0 aliphatic carbocycles. The van der Waals surface area contributed by atoms with Crippen LogP contribution in [0.5, 0.6) is 5.75 Å². The van der Waals surface area contributed by atoms with Crippen molar-refractivity contribution < 1.29 is 18.5 Å². The molecule has 0 spiro atoms. The largest absolute Gasteiger partial charge is 0.593 e. The highest BCUT2D eigenvalue weighted by Crippen LogP contribution is 2.26. The van der Waals surface area contributed by atoms with E-state index in [4.69, 9.17) is 10.1 Å². The molecule has 0 radical (unpaired) electrons. The van der Waals surface area contributed by atoms with Crippen LogP contribution in [-0.4, -0.2) is 45.6 Å². The summed E-state index contributed by atoms with van der Waals surface area (Å²) in [6.45, 7) is 0. The number of hydrogen-bond acceptors (Lipinski definition) is 5. The van der Waals surface area contributed by atoms with Crippen molar-refractivity contribution >= 4 is 28.9 Å². The Labute approximate surface area is 158 Å². The fraction of sp³-hybridized carbons (Fsp3) is 0.235. The van der Waals surface area contributed by atoms with Gasteiger partial charge < -0.3 is 19.9 Å². The first-order valence-corrected chi connectivity index (χ1v) is 9.24. The highest BCUT2D eigenvalue weighted by molar-refractivity contribution is 7.89. The van der Waals surface area contributed by atoms with E-state index in [0.29, 0.717) is 11.4 Å². The monoisotopic (exact) mass is 391 g/mol. The number of guanidine groups is 1. The number of anilines is 1. The maximum absolute atomic E-state index is 14.3. The van der Waals surface area contributed by atoms with Gasteiger partial charge >= 0.3 is 0 Å². The summed E-state index contributed by atoms with van der Waals surface area (Å²) in [7, 11) is 3.02. The van der Waals surface area contributed by atoms with E-state index in [1.807, 2.05) is 0 Å². The van der Waals surface area contributed by atoms with Crippen molar-refractivity contribution in [2.75, 3.05) is 25.2 Å². The molecule has 2 aromatic rings. The molecule has 1 aromatic heterocycles. The lowest BCUT2D eigenvalue weighted by Gasteiger charge is -2.33. The second-order valence-electron chi connectivity index (χ2n) is 5.80. The van der Waals surface area contributed by atoms with E-state index >= 15 is 0 Å². The number of carbonyl (C=O) groups is 1. The van der Waals surface area contributed by atoms with Crippen LogP contribution < -0.4 is 15.4 Å². The standard InChI is InChI=1S/C17H18FN5O3S/c1-23-17(19)22-15(9-27(23)25)12-7-10(3-5-13(12)18)21-16(24)14-6-4-11(26-2)8-20-14/h3-8,15H,9H2,1-2H3,(H2,19,22)(H,21,24). The number of hydrogen-bond donors (Lipinski definition) is 3. The lowest BCUT2D eigenvalue weighted by atomic mass is 10.1. The van der Waals surface area contributed by atoms with Gasteiger partial charge in [0.2, 0.25) is 5.96 Å². The molecule has 1 aliphatic rings. The molecular formula is C17H18FN5O3S. The molecule has 2 heterocycles. The summed E-state index contributed by atoms with van der Waals surface area (Å²) in [6, 6.07) is 6.61. The first-order chi connectivity index (χ1) is 12.9. The SMILES string of the molecule is COc1ccc(C(=O)Nc2ccc(F)c(C3C[S+]([O-])N(C)C(=N)N3)c2)nc1. The summed E-state index contributed by atoms with van der Waals surface area (Å²) >= 11 is -1.43. The topological polar surface area (TPSA) is 113 Å². The van der Waals surface area contributed by atoms with Gasteiger partial charge in [-0.05, 0) is 30.3 Å². The zero-order valence-corrected chi connectivity index (χ0v) is 15.5. The second kappa shape index (κ2) is 7.80. The third kappa shape index (κ3) is 4.12. The van der Waals surface area contributed by atoms with E-state index in [1.54, 1.807) is 6.07 Å². The first-order valence-electron chi connectivity index (χ1n) is 7.97. The molecule has 1 amide bonds. The van der Waals surface area contributed by atoms with Gasteiger partial charge in [-0.1, -0.05) is 0 Å². The number of aromatic nitrogens is 1. The van der Waals surface area contributed by atoms with Gasteiger partial charge in [-0.3, -0.25) is 10.2 Å². The Kier molecular flexibility index (Phi) is 5.47. The van der Waals surface area contributed by atoms with Gasteiger partial charge in [-0.25, -0.2) is 9.37 Å². The van der Waals surface area contributed by atoms with Crippen molar-refractivity contribution in [3.05, 3.63) is 53.6 Å². The Morgan fingerprint density at radius 1 is 1.48 bits per heavy atom. The number of methoxy groups -OCH3 is 1. The fourth-order valence-electron chi connectivity index (χ4n) is 2.54. The third-order valence-electron chi connectivity index (χ3n) is 4.07. The van der Waals surface area contributed by atoms with Crippen molar-refractivity contribution in [3.63, 3.8) is 0 Å². The zero-order chi connectivity index (χ0) is 19.6. The second-order valence-corrected chi connectivity index (χ2v) is 7.33. The number of rotatable bonds is 4. The average Bonchev–Trinajstić information content (AvgIpc) is 2.67. The summed E-state index contributed by atoms with van der Waals surface area (Å²) in [5.41, 5.74) is 0.774. The summed E-state index contributed by atoms with van der Waals surface area (Å²) in [4.78, 5) is 16.3. The minimum atomic E-state index is -1.43. The van der Waals surface area contributed by atoms with E-state index in [2.05, 4.69) is 15.6 Å². The number of amides is 1. The Bertz CT molecular complexity index is 864. The molecule has 1 aliphatic heterocycles. The average molecular weight is 391 g/mol. The van der Waals surface area contributed by atoms with Crippen LogP contribution in [-0.2, 0) is 11.4 Å². The van der Waals surface area contributed by atoms with Crippen molar-refractivity contribution in [1.29, 1.82) is 5.41 Å². The first kappa shape index (κ1) is 18.9. The number of ether oxygens (including phenoxy) is 1. The molecule has 2 atom stereocenters. The van der Waals surface area contributed by atoms with Gasteiger partial charge in [-0.2, -0.15) is 4.31 Å². The van der Waals surface area contributed by atoms with Crippen LogP contribution in [0.25, 0.3) is 0 Å². The minimum absolute atomic E-state index is 0.0548. The number of pyridine rings is 1. The molecule has 0 saturated carbocycles. The van der Waals surface area contributed by atoms with Crippen LogP contribution in [0, 0.1) is 11.2 Å². The van der Waals surface area contributed by atoms with Gasteiger partial charge in [0.15, 0.2) is 5.75 Å². The molecule has 1 fully saturated rings. The molecule has 8 nitrogen and oxygen atoms in total. The fourth-order valence-corrected chi connectivity index (χ4v) is 3.57. The number of benzene rings is 1. The third-order valence-corrected chi connectivity index (χ3v) is 5.49. The summed E-state index contributed by atoms with van der Waals surface area (Å²) < 4.78 is 32.6. The molecule has 27 heavy (non-hydrogen) atoms. The highest BCUT2D eigenvalue weighted by Gasteiger charge is 2.33. The van der Waals surface area contributed by atoms with Crippen molar-refractivity contribution in [2.24, 2.45) is 0 Å². The van der Waals surface area contributed by atoms with Crippen LogP contribution >= 0.6 is 0 Å². The van der Waals surface area contributed by atoms with Gasteiger partial charge in [0.25, 0.3) is 5.91 Å². The Hall–Kier alpha value is -2.85. The Morgan fingerprint density at radius 2 is 2.26 bits per heavy atom. The number of carbonyl (C=O) groups excluding carboxylic acids is 1. The molecular weight excluding hydrogens is 373 g/mol. The smallest absolute Gasteiger partial charge is 0.274 e. The molecule has 3 rings (SSSR count). The van der Waals surface area contributed by atoms with E-state index in [9.17, 15) is 13.7 Å². The predicted octanol–water partition coefficient (Wildman–Crippen LogP) is 1.66. The molecule has 142 valence electrons.